The van der Waals surface area contributed by atoms with Crippen LogP contribution in [0.1, 0.15) is 26.2 Å². The summed E-state index contributed by atoms with van der Waals surface area (Å²) in [5.41, 5.74) is 0. The van der Waals surface area contributed by atoms with Gasteiger partial charge in [0.05, 0.1) is 13.0 Å². The van der Waals surface area contributed by atoms with Gasteiger partial charge in [-0.3, -0.25) is 4.79 Å². The monoisotopic (exact) mass is 234 g/mol. The first-order valence-corrected chi connectivity index (χ1v) is 5.28. The molecule has 0 aromatic heterocycles. The maximum atomic E-state index is 11.2. The van der Waals surface area contributed by atoms with E-state index in [1.807, 2.05) is 0 Å². The summed E-state index contributed by atoms with van der Waals surface area (Å²) in [6.07, 6.45) is 3.01. The van der Waals surface area contributed by atoms with Crippen LogP contribution in [-0.4, -0.2) is 17.9 Å². The first-order valence-electron chi connectivity index (χ1n) is 4.37. The Kier molecular flexibility index (Phi) is 3.56. The van der Waals surface area contributed by atoms with E-state index >= 15 is 0 Å². The molecule has 12 heavy (non-hydrogen) atoms. The third-order valence-corrected chi connectivity index (χ3v) is 3.96. The maximum Gasteiger partial charge on any atom is 0.308 e. The lowest BCUT2D eigenvalue weighted by molar-refractivity contribution is -0.146. The Morgan fingerprint density at radius 3 is 2.67 bits per heavy atom. The van der Waals surface area contributed by atoms with Gasteiger partial charge in [0, 0.05) is 4.83 Å². The molecule has 0 aromatic rings. The molecular formula is C9H15BrO2. The summed E-state index contributed by atoms with van der Waals surface area (Å²) in [6, 6.07) is 0. The Morgan fingerprint density at radius 2 is 2.17 bits per heavy atom. The van der Waals surface area contributed by atoms with Crippen molar-refractivity contribution in [2.45, 2.75) is 31.0 Å². The number of alkyl halides is 1. The average molecular weight is 235 g/mol. The van der Waals surface area contributed by atoms with E-state index < -0.39 is 0 Å². The van der Waals surface area contributed by atoms with Gasteiger partial charge in [0.2, 0.25) is 0 Å². The van der Waals surface area contributed by atoms with E-state index in [4.69, 9.17) is 4.74 Å². The van der Waals surface area contributed by atoms with Crippen LogP contribution in [0.25, 0.3) is 0 Å². The maximum absolute atomic E-state index is 11.2. The molecule has 1 saturated carbocycles. The fourth-order valence-electron chi connectivity index (χ4n) is 1.74. The minimum atomic E-state index is -0.0405. The second kappa shape index (κ2) is 4.26. The van der Waals surface area contributed by atoms with Gasteiger partial charge in [0.15, 0.2) is 0 Å². The van der Waals surface area contributed by atoms with Crippen LogP contribution in [0.2, 0.25) is 0 Å². The fraction of sp³-hybridized carbons (Fsp3) is 0.889. The van der Waals surface area contributed by atoms with Crippen LogP contribution in [0, 0.1) is 11.8 Å². The minimum absolute atomic E-state index is 0.0405. The number of esters is 1. The smallest absolute Gasteiger partial charge is 0.308 e. The molecule has 0 amide bonds. The quantitative estimate of drug-likeness (QED) is 0.515. The lowest BCUT2D eigenvalue weighted by atomic mass is 9.82. The number of rotatable bonds is 1. The SMILES string of the molecule is COC(=O)C1CCC(Br)C(C)C1. The van der Waals surface area contributed by atoms with Gasteiger partial charge in [-0.2, -0.15) is 0 Å². The summed E-state index contributed by atoms with van der Waals surface area (Å²) in [6.45, 7) is 2.18. The summed E-state index contributed by atoms with van der Waals surface area (Å²) >= 11 is 3.60. The van der Waals surface area contributed by atoms with E-state index in [9.17, 15) is 4.79 Å². The fourth-order valence-corrected chi connectivity index (χ4v) is 2.22. The molecule has 0 bridgehead atoms. The number of carbonyl (C=O) groups is 1. The van der Waals surface area contributed by atoms with Crippen molar-refractivity contribution in [3.63, 3.8) is 0 Å². The Morgan fingerprint density at radius 1 is 1.50 bits per heavy atom. The van der Waals surface area contributed by atoms with Crippen molar-refractivity contribution in [1.82, 2.24) is 0 Å². The molecule has 3 atom stereocenters. The molecule has 0 saturated heterocycles. The summed E-state index contributed by atoms with van der Waals surface area (Å²) in [5, 5.41) is 0. The van der Waals surface area contributed by atoms with Crippen molar-refractivity contribution in [1.29, 1.82) is 0 Å². The summed E-state index contributed by atoms with van der Waals surface area (Å²) in [4.78, 5) is 11.8. The molecule has 1 aliphatic carbocycles. The lowest BCUT2D eigenvalue weighted by Gasteiger charge is -2.29. The van der Waals surface area contributed by atoms with E-state index in [2.05, 4.69) is 22.9 Å². The van der Waals surface area contributed by atoms with Crippen LogP contribution < -0.4 is 0 Å². The van der Waals surface area contributed by atoms with E-state index in [-0.39, 0.29) is 11.9 Å². The highest BCUT2D eigenvalue weighted by molar-refractivity contribution is 9.09. The van der Waals surface area contributed by atoms with Crippen LogP contribution in [0.3, 0.4) is 0 Å². The van der Waals surface area contributed by atoms with Crippen LogP contribution in [0.4, 0.5) is 0 Å². The molecule has 3 heteroatoms. The number of hydrogen-bond donors (Lipinski definition) is 0. The topological polar surface area (TPSA) is 26.3 Å². The molecule has 1 fully saturated rings. The van der Waals surface area contributed by atoms with Gasteiger partial charge in [-0.1, -0.05) is 22.9 Å². The standard InChI is InChI=1S/C9H15BrO2/c1-6-5-7(9(11)12-2)3-4-8(6)10/h6-8H,3-5H2,1-2H3. The zero-order valence-corrected chi connectivity index (χ0v) is 9.13. The molecule has 0 aliphatic heterocycles. The zero-order valence-electron chi connectivity index (χ0n) is 7.55. The van der Waals surface area contributed by atoms with E-state index in [0.717, 1.165) is 19.3 Å². The number of hydrogen-bond acceptors (Lipinski definition) is 2. The van der Waals surface area contributed by atoms with Crippen LogP contribution >= 0.6 is 15.9 Å². The molecule has 70 valence electrons. The van der Waals surface area contributed by atoms with Gasteiger partial charge in [-0.25, -0.2) is 0 Å². The molecule has 1 rings (SSSR count). The molecular weight excluding hydrogens is 220 g/mol. The van der Waals surface area contributed by atoms with Gasteiger partial charge < -0.3 is 4.74 Å². The predicted molar refractivity (Wildman–Crippen MR) is 51.2 cm³/mol. The van der Waals surface area contributed by atoms with Gasteiger partial charge >= 0.3 is 5.97 Å². The summed E-state index contributed by atoms with van der Waals surface area (Å²) in [5.74, 6) is 0.683. The summed E-state index contributed by atoms with van der Waals surface area (Å²) in [7, 11) is 1.47. The molecule has 1 aliphatic rings. The summed E-state index contributed by atoms with van der Waals surface area (Å²) < 4.78 is 4.72. The van der Waals surface area contributed by atoms with Crippen molar-refractivity contribution in [3.8, 4) is 0 Å². The van der Waals surface area contributed by atoms with Crippen molar-refractivity contribution in [2.75, 3.05) is 7.11 Å². The molecule has 0 spiro atoms. The largest absolute Gasteiger partial charge is 0.469 e. The Hall–Kier alpha value is -0.0500. The lowest BCUT2D eigenvalue weighted by Crippen LogP contribution is -2.28. The first-order chi connectivity index (χ1) is 5.65. The number of carbonyl (C=O) groups excluding carboxylic acids is 1. The van der Waals surface area contributed by atoms with Crippen molar-refractivity contribution >= 4 is 21.9 Å². The van der Waals surface area contributed by atoms with Gasteiger partial charge in [-0.05, 0) is 25.2 Å². The van der Waals surface area contributed by atoms with Gasteiger partial charge in [-0.15, -0.1) is 0 Å². The van der Waals surface area contributed by atoms with Crippen LogP contribution in [0.5, 0.6) is 0 Å². The predicted octanol–water partition coefficient (Wildman–Crippen LogP) is 2.36. The Labute approximate surface area is 81.8 Å². The molecule has 0 radical (unpaired) electrons. The highest BCUT2D eigenvalue weighted by Gasteiger charge is 2.30. The van der Waals surface area contributed by atoms with Crippen molar-refractivity contribution < 1.29 is 9.53 Å². The minimum Gasteiger partial charge on any atom is -0.469 e. The number of halogens is 1. The zero-order chi connectivity index (χ0) is 9.14. The van der Waals surface area contributed by atoms with Crippen LogP contribution in [-0.2, 0) is 9.53 Å². The highest BCUT2D eigenvalue weighted by Crippen LogP contribution is 2.33. The molecule has 0 N–H and O–H groups in total. The number of methoxy groups -OCH3 is 1. The van der Waals surface area contributed by atoms with E-state index in [0.29, 0.717) is 10.7 Å². The number of ether oxygens (including phenoxy) is 1. The Bertz CT molecular complexity index is 170. The first kappa shape index (κ1) is 10.0. The third kappa shape index (κ3) is 2.22. The van der Waals surface area contributed by atoms with Crippen LogP contribution in [0.15, 0.2) is 0 Å². The molecule has 0 aromatic carbocycles. The second-order valence-electron chi connectivity index (χ2n) is 3.53. The molecule has 0 heterocycles. The van der Waals surface area contributed by atoms with E-state index in [1.54, 1.807) is 0 Å². The third-order valence-electron chi connectivity index (χ3n) is 2.60. The van der Waals surface area contributed by atoms with E-state index in [1.165, 1.54) is 7.11 Å². The molecule has 3 unspecified atom stereocenters. The second-order valence-corrected chi connectivity index (χ2v) is 4.70. The molecule has 2 nitrogen and oxygen atoms in total. The van der Waals surface area contributed by atoms with Gasteiger partial charge in [0.25, 0.3) is 0 Å². The van der Waals surface area contributed by atoms with Crippen molar-refractivity contribution in [3.05, 3.63) is 0 Å². The Balaban J connectivity index is 2.45. The average Bonchev–Trinajstić information content (AvgIpc) is 2.08. The van der Waals surface area contributed by atoms with Gasteiger partial charge in [0.1, 0.15) is 0 Å². The normalized spacial score (nSPS) is 36.1. The highest BCUT2D eigenvalue weighted by atomic mass is 79.9. The van der Waals surface area contributed by atoms with Crippen molar-refractivity contribution in [2.24, 2.45) is 11.8 Å².